The zero-order valence-electron chi connectivity index (χ0n) is 15.5. The summed E-state index contributed by atoms with van der Waals surface area (Å²) in [5.74, 6) is 0. The Bertz CT molecular complexity index is 1080. The van der Waals surface area contributed by atoms with Gasteiger partial charge >= 0.3 is 0 Å². The molecule has 0 spiro atoms. The van der Waals surface area contributed by atoms with E-state index in [1.165, 1.54) is 0 Å². The normalized spacial score (nSPS) is 17.3. The van der Waals surface area contributed by atoms with Crippen LogP contribution in [0.15, 0.2) is 53.3 Å². The summed E-state index contributed by atoms with van der Waals surface area (Å²) in [5, 5.41) is 16.3. The Balaban J connectivity index is 1.77. The quantitative estimate of drug-likeness (QED) is 0.628. The molecule has 1 atom stereocenters. The van der Waals surface area contributed by atoms with E-state index in [4.69, 9.17) is 16.7 Å². The maximum atomic E-state index is 13.1. The Morgan fingerprint density at radius 2 is 1.82 bits per heavy atom. The topological polar surface area (TPSA) is 61.9 Å². The van der Waals surface area contributed by atoms with Gasteiger partial charge in [0, 0.05) is 29.9 Å². The van der Waals surface area contributed by atoms with Gasteiger partial charge in [-0.25, -0.2) is 4.68 Å². The smallest absolute Gasteiger partial charge is 0.274 e. The summed E-state index contributed by atoms with van der Waals surface area (Å²) in [5.41, 5.74) is 1.94. The predicted octanol–water partition coefficient (Wildman–Crippen LogP) is 4.15. The van der Waals surface area contributed by atoms with Gasteiger partial charge in [-0.05, 0) is 43.0 Å². The van der Waals surface area contributed by atoms with Gasteiger partial charge in [-0.3, -0.25) is 4.79 Å². The van der Waals surface area contributed by atoms with E-state index in [-0.39, 0.29) is 11.6 Å². The lowest BCUT2D eigenvalue weighted by molar-refractivity contribution is 0.370. The van der Waals surface area contributed by atoms with Crippen molar-refractivity contribution < 1.29 is 0 Å². The molecule has 2 aromatic carbocycles. The largest absolute Gasteiger partial charge is 0.311 e. The van der Waals surface area contributed by atoms with Gasteiger partial charge in [0.05, 0.1) is 17.1 Å². The summed E-state index contributed by atoms with van der Waals surface area (Å²) in [6, 6.07) is 15.4. The lowest BCUT2D eigenvalue weighted by Crippen LogP contribution is -2.29. The third-order valence-electron chi connectivity index (χ3n) is 5.37. The van der Waals surface area contributed by atoms with E-state index in [1.54, 1.807) is 9.58 Å². The molecule has 2 heterocycles. The average molecular weight is 393 g/mol. The van der Waals surface area contributed by atoms with Gasteiger partial charge in [0.2, 0.25) is 0 Å². The molecule has 0 radical (unpaired) electrons. The van der Waals surface area contributed by atoms with E-state index in [0.29, 0.717) is 23.4 Å². The van der Waals surface area contributed by atoms with Crippen LogP contribution in [0.3, 0.4) is 0 Å². The molecule has 6 heteroatoms. The molecule has 5 nitrogen and oxygen atoms in total. The Morgan fingerprint density at radius 1 is 1.07 bits per heavy atom. The number of nitriles is 1. The number of fused-ring (bicyclic) bond motifs is 1. The van der Waals surface area contributed by atoms with Gasteiger partial charge in [0.25, 0.3) is 5.56 Å². The molecule has 1 aliphatic heterocycles. The average Bonchev–Trinajstić information content (AvgIpc) is 2.97. The summed E-state index contributed by atoms with van der Waals surface area (Å²) < 4.78 is 1.66. The molecule has 28 heavy (non-hydrogen) atoms. The SMILES string of the molecule is N#CN1CCCC(n2nc(Cc3ccc(Cl)cc3)c3ccccc3c2=O)CC1. The van der Waals surface area contributed by atoms with Crippen LogP contribution in [0.2, 0.25) is 5.02 Å². The first-order valence-corrected chi connectivity index (χ1v) is 9.93. The highest BCUT2D eigenvalue weighted by atomic mass is 35.5. The highest BCUT2D eigenvalue weighted by Crippen LogP contribution is 2.24. The maximum absolute atomic E-state index is 13.1. The molecule has 3 aromatic rings. The Kier molecular flexibility index (Phi) is 5.31. The molecular weight excluding hydrogens is 372 g/mol. The number of hydrogen-bond acceptors (Lipinski definition) is 4. The molecule has 1 saturated heterocycles. The van der Waals surface area contributed by atoms with Gasteiger partial charge in [-0.15, -0.1) is 0 Å². The van der Waals surface area contributed by atoms with Crippen LogP contribution >= 0.6 is 11.6 Å². The van der Waals surface area contributed by atoms with E-state index in [2.05, 4.69) is 6.19 Å². The van der Waals surface area contributed by atoms with Crippen molar-refractivity contribution in [3.8, 4) is 6.19 Å². The lowest BCUT2D eigenvalue weighted by atomic mass is 10.0. The van der Waals surface area contributed by atoms with Crippen LogP contribution in [-0.4, -0.2) is 27.8 Å². The van der Waals surface area contributed by atoms with Crippen molar-refractivity contribution in [1.82, 2.24) is 14.7 Å². The van der Waals surface area contributed by atoms with Crippen molar-refractivity contribution >= 4 is 22.4 Å². The summed E-state index contributed by atoms with van der Waals surface area (Å²) in [6.07, 6.45) is 5.34. The summed E-state index contributed by atoms with van der Waals surface area (Å²) in [7, 11) is 0. The third kappa shape index (κ3) is 3.74. The van der Waals surface area contributed by atoms with Gasteiger partial charge in [0.15, 0.2) is 6.19 Å². The number of nitrogens with zero attached hydrogens (tertiary/aromatic N) is 4. The van der Waals surface area contributed by atoms with E-state index < -0.39 is 0 Å². The van der Waals surface area contributed by atoms with E-state index in [9.17, 15) is 10.1 Å². The van der Waals surface area contributed by atoms with Crippen molar-refractivity contribution in [3.05, 3.63) is 75.2 Å². The Hall–Kier alpha value is -2.84. The number of halogens is 1. The van der Waals surface area contributed by atoms with Crippen LogP contribution in [0.25, 0.3) is 10.8 Å². The monoisotopic (exact) mass is 392 g/mol. The van der Waals surface area contributed by atoms with E-state index >= 15 is 0 Å². The van der Waals surface area contributed by atoms with Crippen molar-refractivity contribution in [2.24, 2.45) is 0 Å². The number of benzene rings is 2. The lowest BCUT2D eigenvalue weighted by Gasteiger charge is -2.19. The molecule has 0 aliphatic carbocycles. The zero-order valence-corrected chi connectivity index (χ0v) is 16.3. The third-order valence-corrected chi connectivity index (χ3v) is 5.63. The summed E-state index contributed by atoms with van der Waals surface area (Å²) >= 11 is 6.01. The van der Waals surface area contributed by atoms with Crippen LogP contribution in [0, 0.1) is 11.5 Å². The first-order valence-electron chi connectivity index (χ1n) is 9.55. The molecule has 4 rings (SSSR count). The second-order valence-corrected chi connectivity index (χ2v) is 7.65. The molecular formula is C22H21ClN4O. The minimum atomic E-state index is -0.0501. The number of aromatic nitrogens is 2. The minimum absolute atomic E-state index is 0.0134. The van der Waals surface area contributed by atoms with Gasteiger partial charge in [0.1, 0.15) is 0 Å². The predicted molar refractivity (Wildman–Crippen MR) is 110 cm³/mol. The van der Waals surface area contributed by atoms with E-state index in [1.807, 2.05) is 48.5 Å². The Labute approximate surface area is 168 Å². The fourth-order valence-electron chi connectivity index (χ4n) is 3.87. The highest BCUT2D eigenvalue weighted by Gasteiger charge is 2.21. The highest BCUT2D eigenvalue weighted by molar-refractivity contribution is 6.30. The molecule has 0 N–H and O–H groups in total. The number of hydrogen-bond donors (Lipinski definition) is 0. The van der Waals surface area contributed by atoms with Crippen LogP contribution in [0.4, 0.5) is 0 Å². The molecule has 0 bridgehead atoms. The van der Waals surface area contributed by atoms with Crippen LogP contribution in [0.1, 0.15) is 36.6 Å². The fourth-order valence-corrected chi connectivity index (χ4v) is 4.00. The second-order valence-electron chi connectivity index (χ2n) is 7.22. The van der Waals surface area contributed by atoms with Crippen molar-refractivity contribution in [2.75, 3.05) is 13.1 Å². The van der Waals surface area contributed by atoms with Gasteiger partial charge in [-0.1, -0.05) is 41.9 Å². The zero-order chi connectivity index (χ0) is 19.5. The molecule has 1 unspecified atom stereocenters. The van der Waals surface area contributed by atoms with Crippen molar-refractivity contribution in [2.45, 2.75) is 31.7 Å². The van der Waals surface area contributed by atoms with Crippen molar-refractivity contribution in [3.63, 3.8) is 0 Å². The Morgan fingerprint density at radius 3 is 2.57 bits per heavy atom. The standard InChI is InChI=1S/C22H21ClN4O/c23-17-9-7-16(8-10-17)14-21-19-5-1-2-6-20(19)22(28)27(25-21)18-4-3-12-26(15-24)13-11-18/h1-2,5-10,18H,3-4,11-14H2. The minimum Gasteiger partial charge on any atom is -0.311 e. The van der Waals surface area contributed by atoms with Crippen LogP contribution in [-0.2, 0) is 6.42 Å². The number of rotatable bonds is 3. The first-order chi connectivity index (χ1) is 13.7. The van der Waals surface area contributed by atoms with Crippen LogP contribution in [0.5, 0.6) is 0 Å². The van der Waals surface area contributed by atoms with Gasteiger partial charge < -0.3 is 4.90 Å². The molecule has 1 aromatic heterocycles. The molecule has 0 amide bonds. The van der Waals surface area contributed by atoms with E-state index in [0.717, 1.165) is 42.5 Å². The fraction of sp³-hybridized carbons (Fsp3) is 0.318. The molecule has 142 valence electrons. The van der Waals surface area contributed by atoms with Gasteiger partial charge in [-0.2, -0.15) is 10.4 Å². The maximum Gasteiger partial charge on any atom is 0.274 e. The molecule has 1 fully saturated rings. The summed E-state index contributed by atoms with van der Waals surface area (Å²) in [6.45, 7) is 1.40. The van der Waals surface area contributed by atoms with Crippen molar-refractivity contribution in [1.29, 1.82) is 5.26 Å². The number of likely N-dealkylation sites (tertiary alicyclic amines) is 1. The van der Waals surface area contributed by atoms with Crippen LogP contribution < -0.4 is 5.56 Å². The first kappa shape index (κ1) is 18.5. The summed E-state index contributed by atoms with van der Waals surface area (Å²) in [4.78, 5) is 14.9. The molecule has 0 saturated carbocycles. The second kappa shape index (κ2) is 8.04. The molecule has 1 aliphatic rings.